The number of cyclic esters (lactones) is 1. The van der Waals surface area contributed by atoms with Crippen molar-refractivity contribution in [1.82, 2.24) is 0 Å². The smallest absolute Gasteiger partial charge is 0.338 e. The minimum Gasteiger partial charge on any atom is -0.463 e. The zero-order valence-corrected chi connectivity index (χ0v) is 7.05. The first-order chi connectivity index (χ1) is 5.65. The van der Waals surface area contributed by atoms with E-state index in [1.807, 2.05) is 0 Å². The van der Waals surface area contributed by atoms with Crippen molar-refractivity contribution in [2.24, 2.45) is 0 Å². The summed E-state index contributed by atoms with van der Waals surface area (Å²) in [7, 11) is 0. The number of allylic oxidation sites excluding steroid dienone is 1. The molecule has 0 N–H and O–H groups in total. The molecule has 0 atom stereocenters. The van der Waals surface area contributed by atoms with E-state index >= 15 is 0 Å². The van der Waals surface area contributed by atoms with Crippen LogP contribution in [-0.4, -0.2) is 18.5 Å². The van der Waals surface area contributed by atoms with Crippen LogP contribution in [0.3, 0.4) is 0 Å². The second kappa shape index (κ2) is 3.38. The van der Waals surface area contributed by atoms with Gasteiger partial charge in [0.15, 0.2) is 0 Å². The Balaban J connectivity index is 2.68. The lowest BCUT2D eigenvalue weighted by Crippen LogP contribution is -2.07. The van der Waals surface area contributed by atoms with Crippen LogP contribution in [0.5, 0.6) is 0 Å². The van der Waals surface area contributed by atoms with Crippen LogP contribution in [0.1, 0.15) is 20.3 Å². The van der Waals surface area contributed by atoms with E-state index in [0.717, 1.165) is 0 Å². The third-order valence-electron chi connectivity index (χ3n) is 1.53. The molecule has 1 aliphatic rings. The summed E-state index contributed by atoms with van der Waals surface area (Å²) < 4.78 is 9.40. The minimum atomic E-state index is -0.458. The van der Waals surface area contributed by atoms with Crippen LogP contribution in [0.2, 0.25) is 0 Å². The lowest BCUT2D eigenvalue weighted by Gasteiger charge is -1.99. The third-order valence-corrected chi connectivity index (χ3v) is 1.53. The molecule has 12 heavy (non-hydrogen) atoms. The van der Waals surface area contributed by atoms with Crippen molar-refractivity contribution < 1.29 is 19.1 Å². The Labute approximate surface area is 70.1 Å². The van der Waals surface area contributed by atoms with Crippen molar-refractivity contribution in [2.45, 2.75) is 20.3 Å². The molecular weight excluding hydrogens is 160 g/mol. The summed E-state index contributed by atoms with van der Waals surface area (Å²) in [4.78, 5) is 21.8. The van der Waals surface area contributed by atoms with E-state index in [2.05, 4.69) is 4.74 Å². The Hall–Kier alpha value is -1.32. The summed E-state index contributed by atoms with van der Waals surface area (Å²) in [6.45, 7) is 3.60. The maximum atomic E-state index is 11.1. The molecule has 0 bridgehead atoms. The van der Waals surface area contributed by atoms with Gasteiger partial charge in [-0.1, -0.05) is 0 Å². The van der Waals surface area contributed by atoms with E-state index in [1.54, 1.807) is 13.8 Å². The van der Waals surface area contributed by atoms with Crippen molar-refractivity contribution in [1.29, 1.82) is 0 Å². The van der Waals surface area contributed by atoms with Gasteiger partial charge in [-0.2, -0.15) is 0 Å². The van der Waals surface area contributed by atoms with Gasteiger partial charge < -0.3 is 9.47 Å². The van der Waals surface area contributed by atoms with Gasteiger partial charge in [0.25, 0.3) is 0 Å². The molecule has 0 radical (unpaired) electrons. The van der Waals surface area contributed by atoms with Crippen molar-refractivity contribution >= 4 is 11.9 Å². The van der Waals surface area contributed by atoms with Crippen molar-refractivity contribution in [2.75, 3.05) is 6.61 Å². The number of rotatable bonds is 2. The number of ether oxygens (including phenoxy) is 2. The molecule has 0 aliphatic carbocycles. The Morgan fingerprint density at radius 1 is 1.67 bits per heavy atom. The molecular formula is C8H10O4. The van der Waals surface area contributed by atoms with Crippen LogP contribution in [-0.2, 0) is 19.1 Å². The maximum absolute atomic E-state index is 11.1. The van der Waals surface area contributed by atoms with Gasteiger partial charge >= 0.3 is 11.9 Å². The Morgan fingerprint density at radius 2 is 2.33 bits per heavy atom. The monoisotopic (exact) mass is 170 g/mol. The predicted octanol–water partition coefficient (Wildman–Crippen LogP) is 0.770. The van der Waals surface area contributed by atoms with E-state index in [1.165, 1.54) is 0 Å². The van der Waals surface area contributed by atoms with Crippen LogP contribution in [0, 0.1) is 0 Å². The molecule has 0 aromatic carbocycles. The molecule has 1 aliphatic heterocycles. The largest absolute Gasteiger partial charge is 0.463 e. The van der Waals surface area contributed by atoms with Crippen molar-refractivity contribution in [3.8, 4) is 0 Å². The fourth-order valence-electron chi connectivity index (χ4n) is 0.971. The molecule has 0 spiro atoms. The number of hydrogen-bond acceptors (Lipinski definition) is 4. The van der Waals surface area contributed by atoms with Gasteiger partial charge in [0.05, 0.1) is 18.6 Å². The molecule has 66 valence electrons. The average molecular weight is 170 g/mol. The first kappa shape index (κ1) is 8.77. The fraction of sp³-hybridized carbons (Fsp3) is 0.500. The van der Waals surface area contributed by atoms with E-state index in [9.17, 15) is 9.59 Å². The Kier molecular flexibility index (Phi) is 2.47. The average Bonchev–Trinajstić information content (AvgIpc) is 2.30. The van der Waals surface area contributed by atoms with Crippen molar-refractivity contribution in [3.05, 3.63) is 11.3 Å². The third kappa shape index (κ3) is 1.64. The summed E-state index contributed by atoms with van der Waals surface area (Å²) in [6.07, 6.45) is 0.0324. The Morgan fingerprint density at radius 3 is 2.75 bits per heavy atom. The molecule has 0 saturated carbocycles. The molecule has 0 amide bonds. The highest BCUT2D eigenvalue weighted by molar-refractivity contribution is 5.97. The lowest BCUT2D eigenvalue weighted by molar-refractivity contribution is -0.140. The number of esters is 2. The number of hydrogen-bond donors (Lipinski definition) is 0. The molecule has 0 unspecified atom stereocenters. The minimum absolute atomic E-state index is 0.0324. The van der Waals surface area contributed by atoms with Crippen molar-refractivity contribution in [3.63, 3.8) is 0 Å². The van der Waals surface area contributed by atoms with E-state index in [4.69, 9.17) is 4.74 Å². The molecule has 0 saturated heterocycles. The summed E-state index contributed by atoms with van der Waals surface area (Å²) >= 11 is 0. The predicted molar refractivity (Wildman–Crippen MR) is 40.0 cm³/mol. The van der Waals surface area contributed by atoms with Gasteiger partial charge in [-0.25, -0.2) is 4.79 Å². The van der Waals surface area contributed by atoms with E-state index < -0.39 is 11.9 Å². The molecule has 1 rings (SSSR count). The highest BCUT2D eigenvalue weighted by Crippen LogP contribution is 2.20. The number of carbonyl (C=O) groups is 2. The highest BCUT2D eigenvalue weighted by Gasteiger charge is 2.26. The van der Waals surface area contributed by atoms with Gasteiger partial charge in [0.1, 0.15) is 5.76 Å². The van der Waals surface area contributed by atoms with Gasteiger partial charge in [-0.3, -0.25) is 4.79 Å². The van der Waals surface area contributed by atoms with E-state index in [0.29, 0.717) is 17.9 Å². The first-order valence-electron chi connectivity index (χ1n) is 3.72. The number of carbonyl (C=O) groups excluding carboxylic acids is 2. The molecule has 0 aromatic heterocycles. The van der Waals surface area contributed by atoms with Crippen LogP contribution in [0.4, 0.5) is 0 Å². The highest BCUT2D eigenvalue weighted by atomic mass is 16.6. The molecule has 4 nitrogen and oxygen atoms in total. The second-order valence-electron chi connectivity index (χ2n) is 2.41. The van der Waals surface area contributed by atoms with E-state index in [-0.39, 0.29) is 6.42 Å². The summed E-state index contributed by atoms with van der Waals surface area (Å²) in [5.41, 5.74) is 0.335. The molecule has 0 aromatic rings. The summed E-state index contributed by atoms with van der Waals surface area (Å²) in [5.74, 6) is -0.491. The topological polar surface area (TPSA) is 52.6 Å². The zero-order valence-electron chi connectivity index (χ0n) is 7.05. The summed E-state index contributed by atoms with van der Waals surface area (Å²) in [5, 5.41) is 0. The van der Waals surface area contributed by atoms with Crippen LogP contribution < -0.4 is 0 Å². The molecule has 0 fully saturated rings. The molecule has 4 heteroatoms. The van der Waals surface area contributed by atoms with Crippen LogP contribution >= 0.6 is 0 Å². The van der Waals surface area contributed by atoms with Crippen LogP contribution in [0.15, 0.2) is 11.3 Å². The van der Waals surface area contributed by atoms with Gasteiger partial charge in [-0.05, 0) is 13.8 Å². The van der Waals surface area contributed by atoms with Gasteiger partial charge in [-0.15, -0.1) is 0 Å². The SMILES string of the molecule is CCOC(=O)C1=C(C)OC(=O)C1. The maximum Gasteiger partial charge on any atom is 0.338 e. The van der Waals surface area contributed by atoms with Crippen LogP contribution in [0.25, 0.3) is 0 Å². The summed E-state index contributed by atoms with van der Waals surface area (Å²) in [6, 6.07) is 0. The fourth-order valence-corrected chi connectivity index (χ4v) is 0.971. The quantitative estimate of drug-likeness (QED) is 0.574. The normalized spacial score (nSPS) is 16.3. The second-order valence-corrected chi connectivity index (χ2v) is 2.41. The zero-order chi connectivity index (χ0) is 9.14. The standard InChI is InChI=1S/C8H10O4/c1-3-11-8(10)6-4-7(9)12-5(6)2/h3-4H2,1-2H3. The molecule has 1 heterocycles. The lowest BCUT2D eigenvalue weighted by atomic mass is 10.2. The Bertz CT molecular complexity index is 252. The van der Waals surface area contributed by atoms with Gasteiger partial charge in [0, 0.05) is 0 Å². The first-order valence-corrected chi connectivity index (χ1v) is 3.72. The van der Waals surface area contributed by atoms with Gasteiger partial charge in [0.2, 0.25) is 0 Å².